The van der Waals surface area contributed by atoms with Gasteiger partial charge in [-0.05, 0) is 54.0 Å². The van der Waals surface area contributed by atoms with E-state index in [2.05, 4.69) is 32.9 Å². The number of anilines is 1. The molecule has 0 radical (unpaired) electrons. The molecule has 3 nitrogen and oxygen atoms in total. The van der Waals surface area contributed by atoms with Crippen molar-refractivity contribution in [1.29, 1.82) is 0 Å². The first kappa shape index (κ1) is 13.5. The molecule has 1 saturated carbocycles. The van der Waals surface area contributed by atoms with Crippen LogP contribution < -0.4 is 5.32 Å². The summed E-state index contributed by atoms with van der Waals surface area (Å²) in [6.07, 6.45) is 10.4. The Labute approximate surface area is 124 Å². The van der Waals surface area contributed by atoms with Gasteiger partial charge in [0.25, 0.3) is 0 Å². The van der Waals surface area contributed by atoms with Crippen molar-refractivity contribution in [3.8, 4) is 0 Å². The molecule has 1 aromatic heterocycles. The van der Waals surface area contributed by atoms with Crippen LogP contribution in [0.25, 0.3) is 0 Å². The van der Waals surface area contributed by atoms with Gasteiger partial charge in [-0.2, -0.15) is 5.10 Å². The van der Waals surface area contributed by atoms with E-state index in [4.69, 9.17) is 5.10 Å². The number of hydrogen-bond donors (Lipinski definition) is 1. The summed E-state index contributed by atoms with van der Waals surface area (Å²) in [5.41, 5.74) is 1.24. The smallest absolute Gasteiger partial charge is 0.139 e. The predicted molar refractivity (Wildman–Crippen MR) is 82.6 cm³/mol. The second kappa shape index (κ2) is 5.86. The van der Waals surface area contributed by atoms with Crippen molar-refractivity contribution in [3.05, 3.63) is 10.2 Å². The van der Waals surface area contributed by atoms with Gasteiger partial charge in [0.1, 0.15) is 5.82 Å². The summed E-state index contributed by atoms with van der Waals surface area (Å²) in [5, 5.41) is 8.46. The quantitative estimate of drug-likeness (QED) is 0.881. The maximum absolute atomic E-state index is 4.92. The van der Waals surface area contributed by atoms with Crippen molar-refractivity contribution in [1.82, 2.24) is 9.78 Å². The lowest BCUT2D eigenvalue weighted by Crippen LogP contribution is -2.28. The average Bonchev–Trinajstić information content (AvgIpc) is 3.05. The van der Waals surface area contributed by atoms with Crippen LogP contribution in [0.1, 0.15) is 63.6 Å². The standard InChI is InChI=1S/C15H24BrN3/c1-2-3-8-12-14(16)15-17-10-9-13(19(15)18-12)11-6-4-5-7-11/h11,13,17H,2-10H2,1H3. The molecule has 0 spiro atoms. The van der Waals surface area contributed by atoms with Gasteiger partial charge in [0, 0.05) is 6.54 Å². The first-order chi connectivity index (χ1) is 9.31. The van der Waals surface area contributed by atoms with Gasteiger partial charge >= 0.3 is 0 Å². The zero-order valence-corrected chi connectivity index (χ0v) is 13.4. The Bertz CT molecular complexity index is 435. The van der Waals surface area contributed by atoms with Crippen molar-refractivity contribution in [2.75, 3.05) is 11.9 Å². The van der Waals surface area contributed by atoms with E-state index in [0.717, 1.165) is 18.9 Å². The number of hydrogen-bond acceptors (Lipinski definition) is 2. The minimum atomic E-state index is 0.630. The Balaban J connectivity index is 1.86. The third-order valence-electron chi connectivity index (χ3n) is 4.68. The van der Waals surface area contributed by atoms with Crippen molar-refractivity contribution < 1.29 is 0 Å². The second-order valence-electron chi connectivity index (χ2n) is 5.98. The zero-order chi connectivity index (χ0) is 13.2. The summed E-state index contributed by atoms with van der Waals surface area (Å²) < 4.78 is 3.51. The summed E-state index contributed by atoms with van der Waals surface area (Å²) >= 11 is 3.76. The first-order valence-electron chi connectivity index (χ1n) is 7.82. The molecule has 1 aliphatic carbocycles. The number of aromatic nitrogens is 2. The lowest BCUT2D eigenvalue weighted by atomic mass is 9.94. The molecule has 2 heterocycles. The molecule has 106 valence electrons. The molecule has 1 N–H and O–H groups in total. The van der Waals surface area contributed by atoms with Crippen LogP contribution in [-0.2, 0) is 6.42 Å². The predicted octanol–water partition coefficient (Wildman–Crippen LogP) is 4.54. The molecule has 0 bridgehead atoms. The van der Waals surface area contributed by atoms with Gasteiger partial charge in [0.05, 0.1) is 16.2 Å². The van der Waals surface area contributed by atoms with Gasteiger partial charge in [-0.1, -0.05) is 26.2 Å². The molecule has 1 aliphatic heterocycles. The maximum atomic E-state index is 4.92. The zero-order valence-electron chi connectivity index (χ0n) is 11.8. The molecule has 2 aliphatic rings. The molecule has 1 aromatic rings. The molecule has 4 heteroatoms. The second-order valence-corrected chi connectivity index (χ2v) is 6.78. The molecule has 19 heavy (non-hydrogen) atoms. The summed E-state index contributed by atoms with van der Waals surface area (Å²) in [6, 6.07) is 0.630. The number of nitrogens with one attached hydrogen (secondary N) is 1. The van der Waals surface area contributed by atoms with Crippen LogP contribution in [0.4, 0.5) is 5.82 Å². The molecule has 0 amide bonds. The molecule has 3 rings (SSSR count). The Morgan fingerprint density at radius 2 is 2.11 bits per heavy atom. The van der Waals surface area contributed by atoms with Crippen LogP contribution in [-0.4, -0.2) is 16.3 Å². The van der Waals surface area contributed by atoms with E-state index in [1.165, 1.54) is 60.9 Å². The SMILES string of the molecule is CCCCc1nn2c(c1Br)NCCC2C1CCCC1. The molecular formula is C15H24BrN3. The minimum absolute atomic E-state index is 0.630. The number of aryl methyl sites for hydroxylation is 1. The van der Waals surface area contributed by atoms with Crippen molar-refractivity contribution in [3.63, 3.8) is 0 Å². The summed E-state index contributed by atoms with van der Waals surface area (Å²) in [7, 11) is 0. The summed E-state index contributed by atoms with van der Waals surface area (Å²) in [4.78, 5) is 0. The maximum Gasteiger partial charge on any atom is 0.139 e. The van der Waals surface area contributed by atoms with Crippen molar-refractivity contribution >= 4 is 21.7 Å². The highest BCUT2D eigenvalue weighted by atomic mass is 79.9. The van der Waals surface area contributed by atoms with Crippen LogP contribution in [0, 0.1) is 5.92 Å². The lowest BCUT2D eigenvalue weighted by molar-refractivity contribution is 0.289. The number of nitrogens with zero attached hydrogens (tertiary/aromatic N) is 2. The highest BCUT2D eigenvalue weighted by Crippen LogP contribution is 2.41. The molecule has 1 fully saturated rings. The molecule has 1 unspecified atom stereocenters. The number of halogens is 1. The normalized spacial score (nSPS) is 23.4. The van der Waals surface area contributed by atoms with E-state index >= 15 is 0 Å². The van der Waals surface area contributed by atoms with Crippen molar-refractivity contribution in [2.45, 2.75) is 64.3 Å². The summed E-state index contributed by atoms with van der Waals surface area (Å²) in [6.45, 7) is 3.34. The molecule has 0 saturated heterocycles. The highest BCUT2D eigenvalue weighted by molar-refractivity contribution is 9.10. The largest absolute Gasteiger partial charge is 0.369 e. The fraction of sp³-hybridized carbons (Fsp3) is 0.800. The van der Waals surface area contributed by atoms with Crippen LogP contribution in [0.5, 0.6) is 0 Å². The van der Waals surface area contributed by atoms with E-state index in [1.807, 2.05) is 0 Å². The number of unbranched alkanes of at least 4 members (excludes halogenated alkanes) is 1. The van der Waals surface area contributed by atoms with Gasteiger partial charge < -0.3 is 5.32 Å². The van der Waals surface area contributed by atoms with E-state index in [9.17, 15) is 0 Å². The van der Waals surface area contributed by atoms with Crippen LogP contribution in [0.15, 0.2) is 4.47 Å². The number of fused-ring (bicyclic) bond motifs is 1. The van der Waals surface area contributed by atoms with Gasteiger partial charge in [0.2, 0.25) is 0 Å². The average molecular weight is 326 g/mol. The highest BCUT2D eigenvalue weighted by Gasteiger charge is 2.32. The van der Waals surface area contributed by atoms with E-state index < -0.39 is 0 Å². The van der Waals surface area contributed by atoms with Gasteiger partial charge in [-0.25, -0.2) is 4.68 Å². The van der Waals surface area contributed by atoms with Crippen LogP contribution >= 0.6 is 15.9 Å². The van der Waals surface area contributed by atoms with E-state index in [1.54, 1.807) is 0 Å². The monoisotopic (exact) mass is 325 g/mol. The van der Waals surface area contributed by atoms with Gasteiger partial charge in [0.15, 0.2) is 0 Å². The lowest BCUT2D eigenvalue weighted by Gasteiger charge is -2.30. The third kappa shape index (κ3) is 2.56. The minimum Gasteiger partial charge on any atom is -0.369 e. The van der Waals surface area contributed by atoms with Crippen LogP contribution in [0.3, 0.4) is 0 Å². The molecule has 1 atom stereocenters. The topological polar surface area (TPSA) is 29.9 Å². The molecule has 0 aromatic carbocycles. The first-order valence-corrected chi connectivity index (χ1v) is 8.61. The summed E-state index contributed by atoms with van der Waals surface area (Å²) in [5.74, 6) is 2.08. The van der Waals surface area contributed by atoms with Gasteiger partial charge in [-0.3, -0.25) is 0 Å². The Kier molecular flexibility index (Phi) is 4.15. The third-order valence-corrected chi connectivity index (χ3v) is 5.51. The van der Waals surface area contributed by atoms with Gasteiger partial charge in [-0.15, -0.1) is 0 Å². The van der Waals surface area contributed by atoms with E-state index in [-0.39, 0.29) is 0 Å². The van der Waals surface area contributed by atoms with E-state index in [0.29, 0.717) is 6.04 Å². The van der Waals surface area contributed by atoms with Crippen molar-refractivity contribution in [2.24, 2.45) is 5.92 Å². The fourth-order valence-electron chi connectivity index (χ4n) is 3.60. The Morgan fingerprint density at radius 3 is 2.84 bits per heavy atom. The fourth-order valence-corrected chi connectivity index (χ4v) is 4.20. The number of rotatable bonds is 4. The Hall–Kier alpha value is -0.510. The Morgan fingerprint density at radius 1 is 1.32 bits per heavy atom. The molecular weight excluding hydrogens is 302 g/mol. The van der Waals surface area contributed by atoms with Crippen LogP contribution in [0.2, 0.25) is 0 Å².